The molecule has 8 heteroatoms. The molecule has 140 valence electrons. The minimum absolute atomic E-state index is 0.0176. The Labute approximate surface area is 167 Å². The zero-order valence-electron chi connectivity index (χ0n) is 14.0. The van der Waals surface area contributed by atoms with Gasteiger partial charge in [0.15, 0.2) is 5.79 Å². The summed E-state index contributed by atoms with van der Waals surface area (Å²) in [6.07, 6.45) is 2.29. The lowest BCUT2D eigenvalue weighted by atomic mass is 10.2. The molecule has 0 spiro atoms. The van der Waals surface area contributed by atoms with Crippen molar-refractivity contribution in [1.82, 2.24) is 0 Å². The highest BCUT2D eigenvalue weighted by molar-refractivity contribution is 6.55. The van der Waals surface area contributed by atoms with Crippen LogP contribution in [0.15, 0.2) is 22.7 Å². The first-order valence-electron chi connectivity index (χ1n) is 7.78. The van der Waals surface area contributed by atoms with Crippen LogP contribution in [0.4, 0.5) is 0 Å². The fourth-order valence-electron chi connectivity index (χ4n) is 2.34. The molecule has 1 aromatic carbocycles. The molecule has 1 fully saturated rings. The topological polar surface area (TPSA) is 36.9 Å². The van der Waals surface area contributed by atoms with Gasteiger partial charge >= 0.3 is 0 Å². The van der Waals surface area contributed by atoms with Crippen molar-refractivity contribution in [1.29, 1.82) is 0 Å². The molecule has 0 aliphatic carbocycles. The second-order valence-electron chi connectivity index (χ2n) is 5.96. The van der Waals surface area contributed by atoms with Gasteiger partial charge in [0, 0.05) is 5.56 Å². The monoisotopic (exact) mass is 428 g/mol. The Morgan fingerprint density at radius 2 is 1.96 bits per heavy atom. The van der Waals surface area contributed by atoms with Gasteiger partial charge in [-0.3, -0.25) is 0 Å². The predicted octanol–water partition coefficient (Wildman–Crippen LogP) is 5.75. The van der Waals surface area contributed by atoms with Crippen LogP contribution in [0.5, 0.6) is 5.75 Å². The van der Waals surface area contributed by atoms with E-state index in [1.54, 1.807) is 12.1 Å². The van der Waals surface area contributed by atoms with Gasteiger partial charge in [0.05, 0.1) is 36.0 Å². The van der Waals surface area contributed by atoms with E-state index in [0.29, 0.717) is 34.6 Å². The molecule has 1 saturated heterocycles. The van der Waals surface area contributed by atoms with E-state index in [9.17, 15) is 0 Å². The Hall–Kier alpha value is -0.200. The molecule has 1 aliphatic rings. The summed E-state index contributed by atoms with van der Waals surface area (Å²) in [5.74, 6) is -0.0555. The summed E-state index contributed by atoms with van der Waals surface area (Å²) in [6.45, 7) is 5.37. The van der Waals surface area contributed by atoms with Gasteiger partial charge in [0.2, 0.25) is 0 Å². The third kappa shape index (κ3) is 7.14. The number of ether oxygens (including phenoxy) is 4. The van der Waals surface area contributed by atoms with Crippen molar-refractivity contribution in [3.8, 4) is 5.75 Å². The number of halogens is 4. The highest BCUT2D eigenvalue weighted by Gasteiger charge is 2.29. The van der Waals surface area contributed by atoms with Crippen LogP contribution in [0.1, 0.15) is 25.8 Å². The molecular formula is C17H20Cl4O4. The first kappa shape index (κ1) is 21.1. The van der Waals surface area contributed by atoms with Crippen molar-refractivity contribution in [2.45, 2.75) is 38.8 Å². The Kier molecular flexibility index (Phi) is 8.15. The van der Waals surface area contributed by atoms with Crippen molar-refractivity contribution in [3.05, 3.63) is 38.3 Å². The van der Waals surface area contributed by atoms with Crippen molar-refractivity contribution in [2.24, 2.45) is 0 Å². The van der Waals surface area contributed by atoms with Gasteiger partial charge in [-0.2, -0.15) is 0 Å². The fraction of sp³-hybridized carbons (Fsp3) is 0.529. The van der Waals surface area contributed by atoms with Gasteiger partial charge in [-0.25, -0.2) is 0 Å². The lowest BCUT2D eigenvalue weighted by Crippen LogP contribution is -2.41. The number of benzene rings is 1. The van der Waals surface area contributed by atoms with E-state index in [0.717, 1.165) is 6.42 Å². The van der Waals surface area contributed by atoms with E-state index >= 15 is 0 Å². The predicted molar refractivity (Wildman–Crippen MR) is 101 cm³/mol. The summed E-state index contributed by atoms with van der Waals surface area (Å²) in [7, 11) is 0. The summed E-state index contributed by atoms with van der Waals surface area (Å²) >= 11 is 23.6. The third-order valence-corrected chi connectivity index (χ3v) is 4.48. The van der Waals surface area contributed by atoms with Crippen LogP contribution in [0.3, 0.4) is 0 Å². The van der Waals surface area contributed by atoms with Gasteiger partial charge in [-0.05, 0) is 38.5 Å². The highest BCUT2D eigenvalue weighted by Crippen LogP contribution is 2.31. The van der Waals surface area contributed by atoms with E-state index in [-0.39, 0.29) is 23.8 Å². The summed E-state index contributed by atoms with van der Waals surface area (Å²) in [6, 6.07) is 3.35. The summed E-state index contributed by atoms with van der Waals surface area (Å²) < 4.78 is 22.6. The maximum Gasteiger partial charge on any atom is 0.163 e. The molecule has 0 amide bonds. The zero-order chi connectivity index (χ0) is 18.4. The van der Waals surface area contributed by atoms with E-state index in [1.165, 1.54) is 6.08 Å². The van der Waals surface area contributed by atoms with Crippen LogP contribution in [0.25, 0.3) is 0 Å². The lowest BCUT2D eigenvalue weighted by molar-refractivity contribution is -0.280. The second-order valence-corrected chi connectivity index (χ2v) is 7.78. The number of hydrogen-bond acceptors (Lipinski definition) is 4. The van der Waals surface area contributed by atoms with E-state index < -0.39 is 5.79 Å². The smallest absolute Gasteiger partial charge is 0.163 e. The van der Waals surface area contributed by atoms with E-state index in [2.05, 4.69) is 0 Å². The highest BCUT2D eigenvalue weighted by atomic mass is 35.5. The normalized spacial score (nSPS) is 19.5. The molecule has 0 saturated carbocycles. The Bertz CT molecular complexity index is 592. The van der Waals surface area contributed by atoms with Gasteiger partial charge in [-0.15, -0.1) is 0 Å². The molecule has 1 atom stereocenters. The SMILES string of the molecule is CC1(C)OCCC(COCc2c(Cl)cc(OCC=C(Cl)Cl)cc2Cl)O1. The lowest BCUT2D eigenvalue weighted by Gasteiger charge is -2.35. The average Bonchev–Trinajstić information content (AvgIpc) is 2.48. The molecule has 0 N–H and O–H groups in total. The summed E-state index contributed by atoms with van der Waals surface area (Å²) in [5.41, 5.74) is 0.702. The van der Waals surface area contributed by atoms with Crippen LogP contribution >= 0.6 is 46.4 Å². The minimum atomic E-state index is -0.582. The maximum atomic E-state index is 6.28. The largest absolute Gasteiger partial charge is 0.489 e. The van der Waals surface area contributed by atoms with Gasteiger partial charge < -0.3 is 18.9 Å². The molecule has 2 rings (SSSR count). The van der Waals surface area contributed by atoms with Gasteiger partial charge in [0.25, 0.3) is 0 Å². The Morgan fingerprint density at radius 3 is 2.56 bits per heavy atom. The standard InChI is InChI=1S/C17H20Cl4O4/c1-17(2)24-6-3-11(25-17)9-22-10-13-14(18)7-12(8-15(13)19)23-5-4-16(20)21/h4,7-8,11H,3,5-6,9-10H2,1-2H3. The summed E-state index contributed by atoms with van der Waals surface area (Å²) in [4.78, 5) is 0. The minimum Gasteiger partial charge on any atom is -0.489 e. The van der Waals surface area contributed by atoms with Crippen molar-refractivity contribution >= 4 is 46.4 Å². The molecule has 1 aliphatic heterocycles. The Morgan fingerprint density at radius 1 is 1.28 bits per heavy atom. The molecular weight excluding hydrogens is 410 g/mol. The van der Waals surface area contributed by atoms with Crippen molar-refractivity contribution < 1.29 is 18.9 Å². The van der Waals surface area contributed by atoms with Gasteiger partial charge in [0.1, 0.15) is 16.8 Å². The molecule has 0 radical (unpaired) electrons. The zero-order valence-corrected chi connectivity index (χ0v) is 17.0. The van der Waals surface area contributed by atoms with Gasteiger partial charge in [-0.1, -0.05) is 46.4 Å². The third-order valence-electron chi connectivity index (χ3n) is 3.49. The molecule has 0 bridgehead atoms. The quantitative estimate of drug-likeness (QED) is 0.552. The summed E-state index contributed by atoms with van der Waals surface area (Å²) in [5, 5.41) is 0.938. The first-order valence-corrected chi connectivity index (χ1v) is 9.29. The maximum absolute atomic E-state index is 6.28. The second kappa shape index (κ2) is 9.65. The first-order chi connectivity index (χ1) is 11.8. The van der Waals surface area contributed by atoms with E-state index in [1.807, 2.05) is 13.8 Å². The number of rotatable bonds is 7. The molecule has 1 aromatic rings. The van der Waals surface area contributed by atoms with Crippen molar-refractivity contribution in [2.75, 3.05) is 19.8 Å². The van der Waals surface area contributed by atoms with Crippen LogP contribution < -0.4 is 4.74 Å². The molecule has 4 nitrogen and oxygen atoms in total. The van der Waals surface area contributed by atoms with Crippen LogP contribution in [0, 0.1) is 0 Å². The van der Waals surface area contributed by atoms with Crippen LogP contribution in [-0.2, 0) is 20.8 Å². The van der Waals surface area contributed by atoms with Crippen molar-refractivity contribution in [3.63, 3.8) is 0 Å². The molecule has 1 unspecified atom stereocenters. The molecule has 0 aromatic heterocycles. The molecule has 25 heavy (non-hydrogen) atoms. The molecule has 1 heterocycles. The van der Waals surface area contributed by atoms with E-state index in [4.69, 9.17) is 65.4 Å². The average molecular weight is 430 g/mol. The van der Waals surface area contributed by atoms with Crippen LogP contribution in [0.2, 0.25) is 10.0 Å². The fourth-order valence-corrected chi connectivity index (χ4v) is 3.04. The number of hydrogen-bond donors (Lipinski definition) is 0. The van der Waals surface area contributed by atoms with Crippen LogP contribution in [-0.4, -0.2) is 31.7 Å². The Balaban J connectivity index is 1.88.